The number of carboxylic acids is 1. The van der Waals surface area contributed by atoms with Gasteiger partial charge in [0.2, 0.25) is 0 Å². The number of nitrogens with one attached hydrogen (secondary N) is 1. The van der Waals surface area contributed by atoms with Gasteiger partial charge < -0.3 is 20.4 Å². The predicted octanol–water partition coefficient (Wildman–Crippen LogP) is 1.29. The molecule has 6 nitrogen and oxygen atoms in total. The monoisotopic (exact) mass is 298 g/mol. The van der Waals surface area contributed by atoms with Crippen LogP contribution >= 0.6 is 0 Å². The van der Waals surface area contributed by atoms with Gasteiger partial charge in [0.1, 0.15) is 0 Å². The maximum absolute atomic E-state index is 12.1. The van der Waals surface area contributed by atoms with Crippen molar-refractivity contribution in [2.75, 3.05) is 26.2 Å². The third-order valence-electron chi connectivity index (χ3n) is 5.09. The number of aliphatic hydroxyl groups excluding tert-OH is 1. The minimum absolute atomic E-state index is 0.0979. The number of likely N-dealkylation sites (tertiary alicyclic amines) is 1. The molecule has 2 aliphatic rings. The number of carbonyl (C=O) groups is 2. The highest BCUT2D eigenvalue weighted by Gasteiger charge is 2.41. The lowest BCUT2D eigenvalue weighted by atomic mass is 9.71. The van der Waals surface area contributed by atoms with Crippen molar-refractivity contribution in [3.8, 4) is 0 Å². The first kappa shape index (κ1) is 16.1. The first-order chi connectivity index (χ1) is 9.97. The van der Waals surface area contributed by atoms with E-state index in [2.05, 4.69) is 12.2 Å². The highest BCUT2D eigenvalue weighted by atomic mass is 16.4. The van der Waals surface area contributed by atoms with E-state index < -0.39 is 11.4 Å². The average Bonchev–Trinajstić information content (AvgIpc) is 2.95. The zero-order valence-corrected chi connectivity index (χ0v) is 12.7. The summed E-state index contributed by atoms with van der Waals surface area (Å²) in [4.78, 5) is 25.4. The fourth-order valence-corrected chi connectivity index (χ4v) is 3.30. The third kappa shape index (κ3) is 3.67. The van der Waals surface area contributed by atoms with Crippen molar-refractivity contribution in [1.29, 1.82) is 0 Å². The summed E-state index contributed by atoms with van der Waals surface area (Å²) in [6, 6.07) is -0.204. The molecule has 0 aromatic rings. The Bertz CT molecular complexity index is 391. The molecule has 1 aliphatic heterocycles. The van der Waals surface area contributed by atoms with E-state index >= 15 is 0 Å². The lowest BCUT2D eigenvalue weighted by Crippen LogP contribution is -2.48. The Hall–Kier alpha value is -1.30. The molecule has 0 bridgehead atoms. The fourth-order valence-electron chi connectivity index (χ4n) is 3.30. The lowest BCUT2D eigenvalue weighted by molar-refractivity contribution is -0.151. The Kier molecular flexibility index (Phi) is 5.08. The Labute approximate surface area is 125 Å². The fraction of sp³-hybridized carbons (Fsp3) is 0.867. The summed E-state index contributed by atoms with van der Waals surface area (Å²) in [5, 5.41) is 21.4. The second-order valence-corrected chi connectivity index (χ2v) is 6.71. The molecule has 0 aromatic heterocycles. The highest BCUT2D eigenvalue weighted by Crippen LogP contribution is 2.38. The Morgan fingerprint density at radius 3 is 2.48 bits per heavy atom. The van der Waals surface area contributed by atoms with E-state index in [0.29, 0.717) is 31.8 Å². The van der Waals surface area contributed by atoms with Crippen LogP contribution in [0.2, 0.25) is 0 Å². The smallest absolute Gasteiger partial charge is 0.317 e. The van der Waals surface area contributed by atoms with Crippen molar-refractivity contribution in [1.82, 2.24) is 10.2 Å². The number of amides is 2. The van der Waals surface area contributed by atoms with E-state index in [9.17, 15) is 14.7 Å². The van der Waals surface area contributed by atoms with Crippen LogP contribution in [0, 0.1) is 17.3 Å². The molecule has 0 aromatic carbocycles. The maximum Gasteiger partial charge on any atom is 0.317 e. The normalized spacial score (nSPS) is 33.0. The van der Waals surface area contributed by atoms with Crippen LogP contribution in [0.3, 0.4) is 0 Å². The third-order valence-corrected chi connectivity index (χ3v) is 5.09. The van der Waals surface area contributed by atoms with E-state index in [-0.39, 0.29) is 25.1 Å². The summed E-state index contributed by atoms with van der Waals surface area (Å²) in [5.41, 5.74) is -0.807. The van der Waals surface area contributed by atoms with E-state index in [4.69, 9.17) is 5.11 Å². The first-order valence-corrected chi connectivity index (χ1v) is 7.84. The molecule has 0 radical (unpaired) electrons. The van der Waals surface area contributed by atoms with Gasteiger partial charge in [0.15, 0.2) is 0 Å². The topological polar surface area (TPSA) is 89.9 Å². The first-order valence-electron chi connectivity index (χ1n) is 7.84. The summed E-state index contributed by atoms with van der Waals surface area (Å²) in [7, 11) is 0. The summed E-state index contributed by atoms with van der Waals surface area (Å²) in [5.74, 6) is -0.0823. The van der Waals surface area contributed by atoms with Crippen molar-refractivity contribution < 1.29 is 19.8 Å². The van der Waals surface area contributed by atoms with E-state index in [1.165, 1.54) is 0 Å². The van der Waals surface area contributed by atoms with E-state index in [1.54, 1.807) is 4.90 Å². The number of aliphatic carboxylic acids is 1. The molecule has 3 N–H and O–H groups in total. The van der Waals surface area contributed by atoms with Gasteiger partial charge in [-0.05, 0) is 38.0 Å². The number of rotatable bonds is 4. The molecular weight excluding hydrogens is 272 g/mol. The molecule has 1 saturated carbocycles. The van der Waals surface area contributed by atoms with Crippen molar-refractivity contribution in [2.45, 2.75) is 39.0 Å². The van der Waals surface area contributed by atoms with Gasteiger partial charge in [-0.1, -0.05) is 6.92 Å². The van der Waals surface area contributed by atoms with Crippen LogP contribution in [0.5, 0.6) is 0 Å². The molecular formula is C15H26N2O4. The summed E-state index contributed by atoms with van der Waals surface area (Å²) in [6.45, 7) is 3.63. The van der Waals surface area contributed by atoms with Gasteiger partial charge in [0, 0.05) is 32.2 Å². The molecule has 1 saturated heterocycles. The zero-order valence-electron chi connectivity index (χ0n) is 12.7. The van der Waals surface area contributed by atoms with Crippen LogP contribution in [-0.2, 0) is 4.79 Å². The molecule has 1 unspecified atom stereocenters. The molecule has 2 rings (SSSR count). The van der Waals surface area contributed by atoms with Gasteiger partial charge in [-0.2, -0.15) is 0 Å². The molecule has 2 fully saturated rings. The molecule has 21 heavy (non-hydrogen) atoms. The largest absolute Gasteiger partial charge is 0.481 e. The summed E-state index contributed by atoms with van der Waals surface area (Å²) in [6.07, 6.45) is 3.87. The van der Waals surface area contributed by atoms with Crippen LogP contribution in [0.4, 0.5) is 4.79 Å². The SMILES string of the molecule is CC1CCC(CNC(=O)N2CCC(CO)C2)(C(=O)O)CC1. The molecule has 120 valence electrons. The van der Waals surface area contributed by atoms with Gasteiger partial charge in [0.05, 0.1) is 5.41 Å². The van der Waals surface area contributed by atoms with Crippen LogP contribution in [0.15, 0.2) is 0 Å². The minimum Gasteiger partial charge on any atom is -0.481 e. The average molecular weight is 298 g/mol. The number of hydrogen-bond donors (Lipinski definition) is 3. The number of carboxylic acid groups (broad SMARTS) is 1. The van der Waals surface area contributed by atoms with Gasteiger partial charge >= 0.3 is 12.0 Å². The number of urea groups is 1. The number of hydrogen-bond acceptors (Lipinski definition) is 3. The van der Waals surface area contributed by atoms with Crippen LogP contribution < -0.4 is 5.32 Å². The van der Waals surface area contributed by atoms with E-state index in [0.717, 1.165) is 19.3 Å². The second-order valence-electron chi connectivity index (χ2n) is 6.71. The van der Waals surface area contributed by atoms with Gasteiger partial charge in [-0.15, -0.1) is 0 Å². The van der Waals surface area contributed by atoms with Gasteiger partial charge in [-0.3, -0.25) is 4.79 Å². The van der Waals surface area contributed by atoms with Crippen molar-refractivity contribution in [3.05, 3.63) is 0 Å². The van der Waals surface area contributed by atoms with Crippen molar-refractivity contribution in [2.24, 2.45) is 17.3 Å². The summed E-state index contributed by atoms with van der Waals surface area (Å²) < 4.78 is 0. The molecule has 0 spiro atoms. The molecule has 2 amide bonds. The second kappa shape index (κ2) is 6.64. The van der Waals surface area contributed by atoms with E-state index in [1.807, 2.05) is 0 Å². The predicted molar refractivity (Wildman–Crippen MR) is 77.9 cm³/mol. The van der Waals surface area contributed by atoms with Crippen LogP contribution in [0.1, 0.15) is 39.0 Å². The van der Waals surface area contributed by atoms with Crippen molar-refractivity contribution >= 4 is 12.0 Å². The maximum atomic E-state index is 12.1. The standard InChI is InChI=1S/C15H26N2O4/c1-11-2-5-15(6-3-11,13(19)20)10-16-14(21)17-7-4-12(8-17)9-18/h11-12,18H,2-10H2,1H3,(H,16,21)(H,19,20). The molecule has 1 aliphatic carbocycles. The molecule has 6 heteroatoms. The van der Waals surface area contributed by atoms with Crippen LogP contribution in [-0.4, -0.2) is 53.4 Å². The number of aliphatic hydroxyl groups is 1. The van der Waals surface area contributed by atoms with Gasteiger partial charge in [-0.25, -0.2) is 4.79 Å². The Balaban J connectivity index is 1.88. The van der Waals surface area contributed by atoms with Crippen LogP contribution in [0.25, 0.3) is 0 Å². The molecule has 1 heterocycles. The Morgan fingerprint density at radius 1 is 1.29 bits per heavy atom. The Morgan fingerprint density at radius 2 is 1.95 bits per heavy atom. The summed E-state index contributed by atoms with van der Waals surface area (Å²) >= 11 is 0. The zero-order chi connectivity index (χ0) is 15.5. The van der Waals surface area contributed by atoms with Crippen molar-refractivity contribution in [3.63, 3.8) is 0 Å². The number of carbonyl (C=O) groups excluding carboxylic acids is 1. The quantitative estimate of drug-likeness (QED) is 0.729. The number of nitrogens with zero attached hydrogens (tertiary/aromatic N) is 1. The molecule has 1 atom stereocenters. The lowest BCUT2D eigenvalue weighted by Gasteiger charge is -2.36. The van der Waals surface area contributed by atoms with Gasteiger partial charge in [0.25, 0.3) is 0 Å². The minimum atomic E-state index is -0.807. The highest BCUT2D eigenvalue weighted by molar-refractivity contribution is 5.78.